The molecule has 0 unspecified atom stereocenters. The maximum atomic E-state index is 6.06. The Labute approximate surface area is 194 Å². The molecule has 4 heteroatoms. The largest absolute Gasteiger partial charge is 0.483 e. The van der Waals surface area contributed by atoms with Crippen molar-refractivity contribution >= 4 is 12.2 Å². The van der Waals surface area contributed by atoms with Gasteiger partial charge in [-0.1, -0.05) is 103 Å². The van der Waals surface area contributed by atoms with Crippen LogP contribution < -0.4 is 9.47 Å². The van der Waals surface area contributed by atoms with Crippen LogP contribution in [0, 0.1) is 6.92 Å². The van der Waals surface area contributed by atoms with Gasteiger partial charge in [-0.15, -0.1) is 10.2 Å². The monoisotopic (exact) mass is 434 g/mol. The highest BCUT2D eigenvalue weighted by Crippen LogP contribution is 2.26. The minimum Gasteiger partial charge on any atom is -0.483 e. The Hall–Kier alpha value is -4.18. The van der Waals surface area contributed by atoms with Crippen LogP contribution in [-0.4, -0.2) is 10.2 Å². The van der Waals surface area contributed by atoms with Gasteiger partial charge >= 0.3 is 0 Å². The van der Waals surface area contributed by atoms with Crippen molar-refractivity contribution in [2.24, 2.45) is 0 Å². The van der Waals surface area contributed by atoms with E-state index in [1.807, 2.05) is 97.1 Å². The van der Waals surface area contributed by atoms with Crippen molar-refractivity contribution in [1.82, 2.24) is 10.2 Å². The normalized spacial score (nSPS) is 11.2. The zero-order chi connectivity index (χ0) is 22.7. The van der Waals surface area contributed by atoms with E-state index in [1.54, 1.807) is 0 Å². The van der Waals surface area contributed by atoms with E-state index in [-0.39, 0.29) is 0 Å². The first-order valence-corrected chi connectivity index (χ1v) is 10.9. The molecule has 4 aromatic rings. The fourth-order valence-corrected chi connectivity index (χ4v) is 3.21. The fraction of sp³-hybridized carbons (Fsp3) is 0.103. The molecule has 0 atom stereocenters. The molecule has 3 aromatic carbocycles. The molecule has 0 radical (unpaired) electrons. The third-order valence-corrected chi connectivity index (χ3v) is 5.04. The quantitative estimate of drug-likeness (QED) is 0.276. The lowest BCUT2D eigenvalue weighted by Gasteiger charge is -2.12. The standard InChI is InChI=1S/C29H26N2O2/c1-23-12-8-9-17-26(23)18-10-11-19-27-20-28(32-21-24-13-4-2-5-14-24)29(31-30-27)33-22-25-15-6-3-7-16-25/h2-20H,21-22H2,1H3/b18-10-,19-11?. The average Bonchev–Trinajstić information content (AvgIpc) is 2.87. The van der Waals surface area contributed by atoms with E-state index in [1.165, 1.54) is 11.1 Å². The van der Waals surface area contributed by atoms with Gasteiger partial charge in [0, 0.05) is 6.07 Å². The van der Waals surface area contributed by atoms with Gasteiger partial charge in [-0.3, -0.25) is 0 Å². The lowest BCUT2D eigenvalue weighted by molar-refractivity contribution is 0.244. The smallest absolute Gasteiger partial charge is 0.276 e. The second kappa shape index (κ2) is 11.4. The van der Waals surface area contributed by atoms with Crippen molar-refractivity contribution in [3.63, 3.8) is 0 Å². The van der Waals surface area contributed by atoms with Crippen molar-refractivity contribution in [3.8, 4) is 11.6 Å². The molecular formula is C29H26N2O2. The van der Waals surface area contributed by atoms with Gasteiger partial charge in [-0.05, 0) is 35.3 Å². The Bertz CT molecular complexity index is 1220. The summed E-state index contributed by atoms with van der Waals surface area (Å²) in [5.41, 5.74) is 5.24. The van der Waals surface area contributed by atoms with Crippen molar-refractivity contribution < 1.29 is 9.47 Å². The summed E-state index contributed by atoms with van der Waals surface area (Å²) in [6, 6.07) is 30.1. The van der Waals surface area contributed by atoms with E-state index in [9.17, 15) is 0 Å². The van der Waals surface area contributed by atoms with Crippen LogP contribution in [0.15, 0.2) is 103 Å². The van der Waals surface area contributed by atoms with Crippen LogP contribution in [0.1, 0.15) is 27.9 Å². The first-order valence-electron chi connectivity index (χ1n) is 10.9. The molecule has 1 heterocycles. The molecule has 4 rings (SSSR count). The fourth-order valence-electron chi connectivity index (χ4n) is 3.21. The summed E-state index contributed by atoms with van der Waals surface area (Å²) in [5.74, 6) is 0.940. The van der Waals surface area contributed by atoms with Crippen molar-refractivity contribution in [2.75, 3.05) is 0 Å². The highest BCUT2D eigenvalue weighted by atomic mass is 16.5. The van der Waals surface area contributed by atoms with Crippen LogP contribution in [0.3, 0.4) is 0 Å². The van der Waals surface area contributed by atoms with Crippen LogP contribution in [-0.2, 0) is 13.2 Å². The number of aryl methyl sites for hydroxylation is 1. The zero-order valence-corrected chi connectivity index (χ0v) is 18.6. The van der Waals surface area contributed by atoms with E-state index < -0.39 is 0 Å². The number of nitrogens with zero attached hydrogens (tertiary/aromatic N) is 2. The summed E-state index contributed by atoms with van der Waals surface area (Å²) in [5, 5.41) is 8.58. The van der Waals surface area contributed by atoms with Gasteiger partial charge in [0.05, 0.1) is 5.69 Å². The molecule has 33 heavy (non-hydrogen) atoms. The minimum absolute atomic E-state index is 0.377. The Morgan fingerprint density at radius 2 is 1.27 bits per heavy atom. The molecule has 1 aromatic heterocycles. The second-order valence-electron chi connectivity index (χ2n) is 7.56. The first-order chi connectivity index (χ1) is 16.3. The summed E-state index contributed by atoms with van der Waals surface area (Å²) in [7, 11) is 0. The number of rotatable bonds is 9. The Morgan fingerprint density at radius 3 is 1.97 bits per heavy atom. The van der Waals surface area contributed by atoms with Gasteiger partial charge in [-0.2, -0.15) is 0 Å². The molecule has 0 saturated heterocycles. The number of aromatic nitrogens is 2. The van der Waals surface area contributed by atoms with Crippen LogP contribution in [0.2, 0.25) is 0 Å². The molecule has 0 saturated carbocycles. The van der Waals surface area contributed by atoms with Gasteiger partial charge in [0.15, 0.2) is 5.75 Å². The molecule has 164 valence electrons. The summed E-state index contributed by atoms with van der Waals surface area (Å²) in [6.07, 6.45) is 7.91. The van der Waals surface area contributed by atoms with Crippen LogP contribution >= 0.6 is 0 Å². The van der Waals surface area contributed by atoms with Gasteiger partial charge in [0.25, 0.3) is 5.88 Å². The van der Waals surface area contributed by atoms with E-state index >= 15 is 0 Å². The Morgan fingerprint density at radius 1 is 0.667 bits per heavy atom. The first kappa shape index (κ1) is 22.0. The van der Waals surface area contributed by atoms with Crippen LogP contribution in [0.4, 0.5) is 0 Å². The van der Waals surface area contributed by atoms with E-state index in [4.69, 9.17) is 9.47 Å². The molecule has 0 aliphatic heterocycles. The number of allylic oxidation sites excluding steroid dienone is 2. The molecular weight excluding hydrogens is 408 g/mol. The number of hydrogen-bond donors (Lipinski definition) is 0. The molecule has 0 aliphatic carbocycles. The summed E-state index contributed by atoms with van der Waals surface area (Å²) in [4.78, 5) is 0. The molecule has 0 bridgehead atoms. The van der Waals surface area contributed by atoms with Crippen molar-refractivity contribution in [3.05, 3.63) is 131 Å². The third kappa shape index (κ3) is 6.65. The van der Waals surface area contributed by atoms with Gasteiger partial charge in [0.1, 0.15) is 13.2 Å². The van der Waals surface area contributed by atoms with E-state index in [0.717, 1.165) is 11.1 Å². The summed E-state index contributed by atoms with van der Waals surface area (Å²) >= 11 is 0. The molecule has 4 nitrogen and oxygen atoms in total. The third-order valence-electron chi connectivity index (χ3n) is 5.04. The molecule has 0 N–H and O–H groups in total. The molecule has 0 amide bonds. The predicted molar refractivity (Wildman–Crippen MR) is 133 cm³/mol. The van der Waals surface area contributed by atoms with Crippen LogP contribution in [0.5, 0.6) is 11.6 Å². The Kier molecular flexibility index (Phi) is 7.64. The highest BCUT2D eigenvalue weighted by Gasteiger charge is 2.10. The number of hydrogen-bond acceptors (Lipinski definition) is 4. The van der Waals surface area contributed by atoms with Crippen molar-refractivity contribution in [1.29, 1.82) is 0 Å². The van der Waals surface area contributed by atoms with Gasteiger partial charge < -0.3 is 9.47 Å². The summed E-state index contributed by atoms with van der Waals surface area (Å²) < 4.78 is 12.0. The Balaban J connectivity index is 1.49. The van der Waals surface area contributed by atoms with Gasteiger partial charge in [0.2, 0.25) is 0 Å². The minimum atomic E-state index is 0.377. The average molecular weight is 435 g/mol. The zero-order valence-electron chi connectivity index (χ0n) is 18.6. The summed E-state index contributed by atoms with van der Waals surface area (Å²) in [6.45, 7) is 2.91. The molecule has 0 aliphatic rings. The van der Waals surface area contributed by atoms with Crippen LogP contribution in [0.25, 0.3) is 12.2 Å². The lowest BCUT2D eigenvalue weighted by Crippen LogP contribution is -2.04. The second-order valence-corrected chi connectivity index (χ2v) is 7.56. The van der Waals surface area contributed by atoms with E-state index in [2.05, 4.69) is 35.3 Å². The van der Waals surface area contributed by atoms with Gasteiger partial charge in [-0.25, -0.2) is 0 Å². The van der Waals surface area contributed by atoms with E-state index in [0.29, 0.717) is 30.5 Å². The van der Waals surface area contributed by atoms with Crippen molar-refractivity contribution in [2.45, 2.75) is 20.1 Å². The maximum absolute atomic E-state index is 6.06. The predicted octanol–water partition coefficient (Wildman–Crippen LogP) is 6.67. The maximum Gasteiger partial charge on any atom is 0.276 e. The number of ether oxygens (including phenoxy) is 2. The lowest BCUT2D eigenvalue weighted by atomic mass is 10.1. The highest BCUT2D eigenvalue weighted by molar-refractivity contribution is 5.58. The topological polar surface area (TPSA) is 44.2 Å². The number of benzene rings is 3. The molecule has 0 spiro atoms. The molecule has 0 fully saturated rings. The SMILES string of the molecule is Cc1ccccc1/C=C\C=Cc1cc(OCc2ccccc2)c(OCc2ccccc2)nn1.